The Kier molecular flexibility index (Phi) is 4.99. The summed E-state index contributed by atoms with van der Waals surface area (Å²) in [5, 5.41) is 9.05. The molecule has 0 saturated heterocycles. The average molecular weight is 321 g/mol. The summed E-state index contributed by atoms with van der Waals surface area (Å²) >= 11 is 1.82. The predicted molar refractivity (Wildman–Crippen MR) is 94.8 cm³/mol. The number of rotatable bonds is 6. The fraction of sp³-hybridized carbons (Fsp3) is 0.263. The predicted octanol–water partition coefficient (Wildman–Crippen LogP) is 4.30. The van der Waals surface area contributed by atoms with Crippen molar-refractivity contribution in [2.24, 2.45) is 0 Å². The van der Waals surface area contributed by atoms with Crippen molar-refractivity contribution in [2.45, 2.75) is 31.1 Å². The summed E-state index contributed by atoms with van der Waals surface area (Å²) in [6.45, 7) is 2.15. The number of nitriles is 1. The lowest BCUT2D eigenvalue weighted by atomic mass is 10.1. The Morgan fingerprint density at radius 3 is 2.78 bits per heavy atom. The SMILES string of the molecule is CCSc1cc(CC#N)n2ccnc(CCc3ccccc3)c12. The molecule has 2 heterocycles. The highest BCUT2D eigenvalue weighted by Gasteiger charge is 2.13. The summed E-state index contributed by atoms with van der Waals surface area (Å²) in [7, 11) is 0. The van der Waals surface area contributed by atoms with E-state index in [0.29, 0.717) is 6.42 Å². The van der Waals surface area contributed by atoms with Crippen LogP contribution in [0.15, 0.2) is 53.7 Å². The number of aromatic nitrogens is 2. The van der Waals surface area contributed by atoms with Crippen molar-refractivity contribution < 1.29 is 0 Å². The van der Waals surface area contributed by atoms with E-state index < -0.39 is 0 Å². The molecule has 0 radical (unpaired) electrons. The van der Waals surface area contributed by atoms with Gasteiger partial charge in [0, 0.05) is 23.0 Å². The molecule has 0 aliphatic rings. The molecule has 0 spiro atoms. The zero-order chi connectivity index (χ0) is 16.1. The van der Waals surface area contributed by atoms with Crippen LogP contribution in [-0.2, 0) is 19.3 Å². The maximum atomic E-state index is 9.05. The molecule has 2 aromatic heterocycles. The Labute approximate surface area is 141 Å². The van der Waals surface area contributed by atoms with Gasteiger partial charge in [-0.3, -0.25) is 4.98 Å². The maximum absolute atomic E-state index is 9.05. The van der Waals surface area contributed by atoms with Gasteiger partial charge in [-0.15, -0.1) is 11.8 Å². The Balaban J connectivity index is 1.97. The Bertz CT molecular complexity index is 831. The standard InChI is InChI=1S/C19H19N3S/c1-2-23-18-14-16(10-11-20)22-13-12-21-17(19(18)22)9-8-15-6-4-3-5-7-15/h3-7,12-14H,2,8-10H2,1H3. The minimum Gasteiger partial charge on any atom is -0.316 e. The van der Waals surface area contributed by atoms with Crippen LogP contribution in [0.5, 0.6) is 0 Å². The second kappa shape index (κ2) is 7.34. The molecule has 0 unspecified atom stereocenters. The molecule has 3 rings (SSSR count). The quantitative estimate of drug-likeness (QED) is 0.636. The Morgan fingerprint density at radius 1 is 1.22 bits per heavy atom. The van der Waals surface area contributed by atoms with Crippen LogP contribution in [0, 0.1) is 11.3 Å². The van der Waals surface area contributed by atoms with Gasteiger partial charge in [0.15, 0.2) is 0 Å². The Hall–Kier alpha value is -2.25. The highest BCUT2D eigenvalue weighted by Crippen LogP contribution is 2.29. The molecule has 0 atom stereocenters. The molecule has 23 heavy (non-hydrogen) atoms. The van der Waals surface area contributed by atoms with E-state index in [1.807, 2.05) is 30.2 Å². The molecule has 3 aromatic rings. The Morgan fingerprint density at radius 2 is 2.04 bits per heavy atom. The van der Waals surface area contributed by atoms with Gasteiger partial charge in [-0.25, -0.2) is 0 Å². The summed E-state index contributed by atoms with van der Waals surface area (Å²) < 4.78 is 2.13. The first-order chi connectivity index (χ1) is 11.3. The second-order valence-electron chi connectivity index (χ2n) is 5.35. The van der Waals surface area contributed by atoms with Crippen molar-refractivity contribution in [3.63, 3.8) is 0 Å². The molecule has 0 fully saturated rings. The number of benzene rings is 1. The third kappa shape index (κ3) is 3.40. The zero-order valence-corrected chi connectivity index (χ0v) is 14.0. The number of hydrogen-bond donors (Lipinski definition) is 0. The number of aryl methyl sites for hydroxylation is 2. The molecule has 116 valence electrons. The molecular formula is C19H19N3S. The van der Waals surface area contributed by atoms with Crippen molar-refractivity contribution >= 4 is 17.3 Å². The first-order valence-electron chi connectivity index (χ1n) is 7.85. The summed E-state index contributed by atoms with van der Waals surface area (Å²) in [5.74, 6) is 1.01. The highest BCUT2D eigenvalue weighted by atomic mass is 32.2. The van der Waals surface area contributed by atoms with E-state index in [1.165, 1.54) is 16.0 Å². The second-order valence-corrected chi connectivity index (χ2v) is 6.65. The minimum absolute atomic E-state index is 0.424. The molecular weight excluding hydrogens is 302 g/mol. The van der Waals surface area contributed by atoms with Crippen LogP contribution in [0.3, 0.4) is 0 Å². The largest absolute Gasteiger partial charge is 0.316 e. The molecule has 1 aromatic carbocycles. The van der Waals surface area contributed by atoms with Gasteiger partial charge in [-0.1, -0.05) is 37.3 Å². The van der Waals surface area contributed by atoms with Gasteiger partial charge < -0.3 is 4.40 Å². The normalized spacial score (nSPS) is 10.8. The van der Waals surface area contributed by atoms with Crippen LogP contribution in [0.25, 0.3) is 5.52 Å². The summed E-state index contributed by atoms with van der Waals surface area (Å²) in [6.07, 6.45) is 6.11. The van der Waals surface area contributed by atoms with Gasteiger partial charge in [0.1, 0.15) is 0 Å². The molecule has 0 amide bonds. The molecule has 0 bridgehead atoms. The smallest absolute Gasteiger partial charge is 0.0807 e. The lowest BCUT2D eigenvalue weighted by molar-refractivity contribution is 0.897. The van der Waals surface area contributed by atoms with Crippen LogP contribution >= 0.6 is 11.8 Å². The van der Waals surface area contributed by atoms with Crippen LogP contribution in [0.4, 0.5) is 0 Å². The zero-order valence-electron chi connectivity index (χ0n) is 13.2. The van der Waals surface area contributed by atoms with E-state index in [9.17, 15) is 0 Å². The average Bonchev–Trinajstić information content (AvgIpc) is 2.93. The topological polar surface area (TPSA) is 41.1 Å². The number of nitrogens with zero attached hydrogens (tertiary/aromatic N) is 3. The van der Waals surface area contributed by atoms with E-state index in [4.69, 9.17) is 5.26 Å². The molecule has 0 aliphatic heterocycles. The van der Waals surface area contributed by atoms with Crippen molar-refractivity contribution in [1.29, 1.82) is 5.26 Å². The highest BCUT2D eigenvalue weighted by molar-refractivity contribution is 7.99. The number of fused-ring (bicyclic) bond motifs is 1. The van der Waals surface area contributed by atoms with Gasteiger partial charge in [-0.05, 0) is 30.2 Å². The first kappa shape index (κ1) is 15.6. The molecule has 4 heteroatoms. The van der Waals surface area contributed by atoms with Gasteiger partial charge in [0.2, 0.25) is 0 Å². The molecule has 3 nitrogen and oxygen atoms in total. The minimum atomic E-state index is 0.424. The van der Waals surface area contributed by atoms with Crippen LogP contribution in [-0.4, -0.2) is 15.1 Å². The van der Waals surface area contributed by atoms with Crippen molar-refractivity contribution in [2.75, 3.05) is 5.75 Å². The fourth-order valence-electron chi connectivity index (χ4n) is 2.83. The summed E-state index contributed by atoms with van der Waals surface area (Å²) in [4.78, 5) is 5.85. The fourth-order valence-corrected chi connectivity index (χ4v) is 3.71. The van der Waals surface area contributed by atoms with E-state index in [0.717, 1.165) is 30.0 Å². The van der Waals surface area contributed by atoms with Gasteiger partial charge in [-0.2, -0.15) is 5.26 Å². The maximum Gasteiger partial charge on any atom is 0.0807 e. The summed E-state index contributed by atoms with van der Waals surface area (Å²) in [5.41, 5.74) is 4.64. The number of thioether (sulfide) groups is 1. The van der Waals surface area contributed by atoms with Crippen molar-refractivity contribution in [1.82, 2.24) is 9.38 Å². The lowest BCUT2D eigenvalue weighted by Gasteiger charge is -2.07. The molecule has 0 aliphatic carbocycles. The van der Waals surface area contributed by atoms with E-state index in [2.05, 4.69) is 52.7 Å². The molecule has 0 N–H and O–H groups in total. The first-order valence-corrected chi connectivity index (χ1v) is 8.83. The third-order valence-corrected chi connectivity index (χ3v) is 4.77. The lowest BCUT2D eigenvalue weighted by Crippen LogP contribution is -2.00. The van der Waals surface area contributed by atoms with Crippen molar-refractivity contribution in [3.8, 4) is 6.07 Å². The van der Waals surface area contributed by atoms with E-state index in [1.54, 1.807) is 0 Å². The van der Waals surface area contributed by atoms with E-state index in [-0.39, 0.29) is 0 Å². The van der Waals surface area contributed by atoms with Crippen LogP contribution in [0.1, 0.15) is 23.9 Å². The van der Waals surface area contributed by atoms with Crippen molar-refractivity contribution in [3.05, 3.63) is 65.7 Å². The molecule has 0 saturated carbocycles. The van der Waals surface area contributed by atoms with Gasteiger partial charge >= 0.3 is 0 Å². The summed E-state index contributed by atoms with van der Waals surface area (Å²) in [6, 6.07) is 14.9. The van der Waals surface area contributed by atoms with Crippen LogP contribution < -0.4 is 0 Å². The van der Waals surface area contributed by atoms with Gasteiger partial charge in [0.05, 0.1) is 23.7 Å². The van der Waals surface area contributed by atoms with Crippen LogP contribution in [0.2, 0.25) is 0 Å². The third-order valence-electron chi connectivity index (χ3n) is 3.85. The van der Waals surface area contributed by atoms with E-state index >= 15 is 0 Å². The monoisotopic (exact) mass is 321 g/mol. The number of hydrogen-bond acceptors (Lipinski definition) is 3. The van der Waals surface area contributed by atoms with Gasteiger partial charge in [0.25, 0.3) is 0 Å².